The van der Waals surface area contributed by atoms with Crippen molar-refractivity contribution in [1.82, 2.24) is 5.32 Å². The Hall–Kier alpha value is -1.63. The minimum absolute atomic E-state index is 0.00544. The molecule has 0 spiro atoms. The van der Waals surface area contributed by atoms with Gasteiger partial charge in [0.1, 0.15) is 0 Å². The molecule has 1 atom stereocenters. The van der Waals surface area contributed by atoms with Crippen molar-refractivity contribution in [3.63, 3.8) is 0 Å². The molecule has 1 amide bonds. The molecule has 0 bridgehead atoms. The number of hydrogen-bond donors (Lipinski definition) is 1. The molecule has 1 unspecified atom stereocenters. The van der Waals surface area contributed by atoms with Crippen LogP contribution in [-0.2, 0) is 29.0 Å². The highest BCUT2D eigenvalue weighted by atomic mass is 32.1. The number of ether oxygens (including phenoxy) is 1. The molecule has 2 aliphatic rings. The standard InChI is InChI=1S/C24H32BNO3S/c1-15-11-19(25-16(2)23(3,4)24(5,6)29-25)8-7-17(15)13-26-22(27)21-12-18-14-28-10-9-20(18)30-21/h7-8,11-12,16H,9-10,13-14H2,1-6H3,(H,26,27). The molecule has 1 fully saturated rings. The topological polar surface area (TPSA) is 47.6 Å². The lowest BCUT2D eigenvalue weighted by molar-refractivity contribution is 0.0296. The van der Waals surface area contributed by atoms with E-state index in [9.17, 15) is 4.79 Å². The summed E-state index contributed by atoms with van der Waals surface area (Å²) in [7, 11) is 0. The molecule has 3 heterocycles. The van der Waals surface area contributed by atoms with E-state index in [1.807, 2.05) is 6.07 Å². The number of nitrogens with one attached hydrogen (secondary N) is 1. The number of hydrogen-bond acceptors (Lipinski definition) is 4. The van der Waals surface area contributed by atoms with Crippen molar-refractivity contribution in [2.45, 2.75) is 72.5 Å². The first-order valence-electron chi connectivity index (χ1n) is 10.8. The quantitative estimate of drug-likeness (QED) is 0.735. The Morgan fingerprint density at radius 1 is 1.27 bits per heavy atom. The first-order chi connectivity index (χ1) is 14.1. The van der Waals surface area contributed by atoms with Crippen LogP contribution in [0.2, 0.25) is 5.82 Å². The van der Waals surface area contributed by atoms with E-state index in [-0.39, 0.29) is 23.8 Å². The number of benzene rings is 1. The minimum Gasteiger partial charge on any atom is -0.425 e. The van der Waals surface area contributed by atoms with E-state index in [4.69, 9.17) is 9.39 Å². The van der Waals surface area contributed by atoms with Gasteiger partial charge in [0.25, 0.3) is 5.91 Å². The monoisotopic (exact) mass is 425 g/mol. The van der Waals surface area contributed by atoms with Crippen LogP contribution >= 0.6 is 11.3 Å². The number of rotatable bonds is 4. The lowest BCUT2D eigenvalue weighted by atomic mass is 9.46. The van der Waals surface area contributed by atoms with Gasteiger partial charge in [-0.3, -0.25) is 4.79 Å². The van der Waals surface area contributed by atoms with Gasteiger partial charge < -0.3 is 14.7 Å². The van der Waals surface area contributed by atoms with Crippen LogP contribution < -0.4 is 10.8 Å². The van der Waals surface area contributed by atoms with Gasteiger partial charge in [-0.2, -0.15) is 0 Å². The van der Waals surface area contributed by atoms with Crippen molar-refractivity contribution < 1.29 is 14.2 Å². The summed E-state index contributed by atoms with van der Waals surface area (Å²) in [6.45, 7) is 15.4. The summed E-state index contributed by atoms with van der Waals surface area (Å²) >= 11 is 1.59. The normalized spacial score (nSPS) is 22.1. The third kappa shape index (κ3) is 3.74. The molecule has 2 aliphatic heterocycles. The van der Waals surface area contributed by atoms with E-state index < -0.39 is 0 Å². The molecule has 2 aromatic rings. The van der Waals surface area contributed by atoms with Crippen molar-refractivity contribution in [3.8, 4) is 0 Å². The molecule has 160 valence electrons. The second-order valence-corrected chi connectivity index (χ2v) is 10.9. The zero-order valence-corrected chi connectivity index (χ0v) is 19.7. The maximum Gasteiger partial charge on any atom is 0.330 e. The molecule has 1 saturated heterocycles. The number of fused-ring (bicyclic) bond motifs is 1. The molecule has 1 aromatic carbocycles. The summed E-state index contributed by atoms with van der Waals surface area (Å²) in [5.41, 5.74) is 4.64. The molecule has 1 N–H and O–H groups in total. The van der Waals surface area contributed by atoms with Crippen LogP contribution in [-0.4, -0.2) is 25.0 Å². The first-order valence-corrected chi connectivity index (χ1v) is 11.7. The number of amides is 1. The third-order valence-corrected chi connectivity index (χ3v) is 8.79. The molecule has 4 rings (SSSR count). The van der Waals surface area contributed by atoms with Gasteiger partial charge in [-0.05, 0) is 60.2 Å². The van der Waals surface area contributed by atoms with Gasteiger partial charge in [-0.15, -0.1) is 11.3 Å². The smallest absolute Gasteiger partial charge is 0.330 e. The van der Waals surface area contributed by atoms with Crippen molar-refractivity contribution >= 4 is 29.6 Å². The van der Waals surface area contributed by atoms with E-state index in [0.717, 1.165) is 29.0 Å². The van der Waals surface area contributed by atoms with E-state index in [1.54, 1.807) is 11.3 Å². The van der Waals surface area contributed by atoms with Gasteiger partial charge in [0.05, 0.1) is 23.7 Å². The Balaban J connectivity index is 1.44. The van der Waals surface area contributed by atoms with Gasteiger partial charge >= 0.3 is 6.92 Å². The lowest BCUT2D eigenvalue weighted by Gasteiger charge is -2.36. The summed E-state index contributed by atoms with van der Waals surface area (Å²) in [6, 6.07) is 8.50. The van der Waals surface area contributed by atoms with Crippen molar-refractivity contribution in [2.24, 2.45) is 5.41 Å². The van der Waals surface area contributed by atoms with Crippen LogP contribution in [0, 0.1) is 12.3 Å². The molecule has 1 aromatic heterocycles. The fourth-order valence-electron chi connectivity index (χ4n) is 4.47. The zero-order valence-electron chi connectivity index (χ0n) is 18.9. The lowest BCUT2D eigenvalue weighted by Crippen LogP contribution is -2.36. The van der Waals surface area contributed by atoms with E-state index >= 15 is 0 Å². The highest BCUT2D eigenvalue weighted by molar-refractivity contribution is 7.14. The van der Waals surface area contributed by atoms with Gasteiger partial charge in [0, 0.05) is 17.8 Å². The Labute approximate surface area is 184 Å². The number of carbonyl (C=O) groups is 1. The van der Waals surface area contributed by atoms with Crippen LogP contribution in [0.4, 0.5) is 0 Å². The highest BCUT2D eigenvalue weighted by Crippen LogP contribution is 2.51. The Kier molecular flexibility index (Phi) is 5.62. The van der Waals surface area contributed by atoms with E-state index in [0.29, 0.717) is 19.0 Å². The molecule has 0 saturated carbocycles. The van der Waals surface area contributed by atoms with Crippen LogP contribution in [0.3, 0.4) is 0 Å². The fraction of sp³-hybridized carbons (Fsp3) is 0.542. The highest BCUT2D eigenvalue weighted by Gasteiger charge is 2.55. The zero-order chi connectivity index (χ0) is 21.7. The molecular weight excluding hydrogens is 393 g/mol. The Bertz CT molecular complexity index is 942. The first kappa shape index (κ1) is 21.6. The molecule has 0 radical (unpaired) electrons. The molecule has 6 heteroatoms. The fourth-order valence-corrected chi connectivity index (χ4v) is 5.54. The molecule has 0 aliphatic carbocycles. The second kappa shape index (κ2) is 7.81. The summed E-state index contributed by atoms with van der Waals surface area (Å²) < 4.78 is 12.0. The largest absolute Gasteiger partial charge is 0.425 e. The summed E-state index contributed by atoms with van der Waals surface area (Å²) in [4.78, 5) is 14.7. The van der Waals surface area contributed by atoms with E-state index in [2.05, 4.69) is 65.1 Å². The molecule has 4 nitrogen and oxygen atoms in total. The minimum atomic E-state index is -0.164. The van der Waals surface area contributed by atoms with Crippen molar-refractivity contribution in [2.75, 3.05) is 6.61 Å². The summed E-state index contributed by atoms with van der Waals surface area (Å²) in [6.07, 6.45) is 0.906. The van der Waals surface area contributed by atoms with Gasteiger partial charge in [0.2, 0.25) is 0 Å². The van der Waals surface area contributed by atoms with Crippen LogP contribution in [0.1, 0.15) is 65.9 Å². The maximum atomic E-state index is 12.6. The molecular formula is C24H32BNO3S. The van der Waals surface area contributed by atoms with E-state index in [1.165, 1.54) is 15.9 Å². The number of carbonyl (C=O) groups excluding carboxylic acids is 1. The SMILES string of the molecule is Cc1cc(B2OC(C)(C)C(C)(C)C2C)ccc1CNC(=O)c1cc2c(s1)CCOC2. The van der Waals surface area contributed by atoms with Gasteiger partial charge in [-0.1, -0.05) is 39.0 Å². The second-order valence-electron chi connectivity index (χ2n) is 9.79. The maximum absolute atomic E-state index is 12.6. The number of thiophene rings is 1. The predicted octanol–water partition coefficient (Wildman–Crippen LogP) is 4.48. The van der Waals surface area contributed by atoms with Crippen molar-refractivity contribution in [3.05, 3.63) is 50.7 Å². The molecule has 30 heavy (non-hydrogen) atoms. The summed E-state index contributed by atoms with van der Waals surface area (Å²) in [5.74, 6) is 0.417. The predicted molar refractivity (Wildman–Crippen MR) is 124 cm³/mol. The van der Waals surface area contributed by atoms with Crippen molar-refractivity contribution in [1.29, 1.82) is 0 Å². The average Bonchev–Trinajstić information content (AvgIpc) is 3.20. The van der Waals surface area contributed by atoms with Crippen LogP contribution in [0.25, 0.3) is 0 Å². The van der Waals surface area contributed by atoms with Crippen LogP contribution in [0.5, 0.6) is 0 Å². The number of aryl methyl sites for hydroxylation is 1. The van der Waals surface area contributed by atoms with Gasteiger partial charge in [0.15, 0.2) is 0 Å². The van der Waals surface area contributed by atoms with Crippen LogP contribution in [0.15, 0.2) is 24.3 Å². The van der Waals surface area contributed by atoms with Gasteiger partial charge in [-0.25, -0.2) is 0 Å². The third-order valence-electron chi connectivity index (χ3n) is 7.55. The Morgan fingerprint density at radius 2 is 2.03 bits per heavy atom. The Morgan fingerprint density at radius 3 is 2.67 bits per heavy atom. The summed E-state index contributed by atoms with van der Waals surface area (Å²) in [5, 5.41) is 3.09. The average molecular weight is 425 g/mol.